The quantitative estimate of drug-likeness (QED) is 0.772. The van der Waals surface area contributed by atoms with Crippen LogP contribution >= 0.6 is 0 Å². The van der Waals surface area contributed by atoms with Crippen molar-refractivity contribution in [1.82, 2.24) is 9.55 Å². The second kappa shape index (κ2) is 5.40. The Morgan fingerprint density at radius 2 is 2.18 bits per heavy atom. The summed E-state index contributed by atoms with van der Waals surface area (Å²) in [6.07, 6.45) is 3.39. The van der Waals surface area contributed by atoms with Gasteiger partial charge in [-0.25, -0.2) is 4.79 Å². The van der Waals surface area contributed by atoms with E-state index in [-0.39, 0.29) is 12.1 Å². The summed E-state index contributed by atoms with van der Waals surface area (Å²) < 4.78 is 6.59. The maximum Gasteiger partial charge on any atom is 0.341 e. The minimum absolute atomic E-state index is 0.236. The number of hydrogen-bond acceptors (Lipinski definition) is 3. The van der Waals surface area contributed by atoms with Crippen LogP contribution in [0.4, 0.5) is 0 Å². The Balaban J connectivity index is 2.05. The first-order chi connectivity index (χ1) is 10.6. The number of aromatic nitrogens is 2. The van der Waals surface area contributed by atoms with Gasteiger partial charge in [-0.1, -0.05) is 0 Å². The van der Waals surface area contributed by atoms with Gasteiger partial charge in [-0.2, -0.15) is 0 Å². The molecule has 112 valence electrons. The van der Waals surface area contributed by atoms with Gasteiger partial charge in [0.05, 0.1) is 13.7 Å². The summed E-state index contributed by atoms with van der Waals surface area (Å²) in [5.41, 5.74) is 1.06. The van der Waals surface area contributed by atoms with Crippen LogP contribution in [0.2, 0.25) is 0 Å². The van der Waals surface area contributed by atoms with Gasteiger partial charge in [-0.15, -0.1) is 0 Å². The Hall–Kier alpha value is -3.02. The highest BCUT2D eigenvalue weighted by Crippen LogP contribution is 2.23. The zero-order valence-corrected chi connectivity index (χ0v) is 11.9. The highest BCUT2D eigenvalue weighted by atomic mass is 16.5. The number of nitrogens with zero attached hydrogens (tertiary/aromatic N) is 1. The van der Waals surface area contributed by atoms with Crippen molar-refractivity contribution in [2.24, 2.45) is 0 Å². The fraction of sp³-hybridized carbons (Fsp3) is 0.125. The average Bonchev–Trinajstić information content (AvgIpc) is 2.91. The van der Waals surface area contributed by atoms with Gasteiger partial charge < -0.3 is 19.4 Å². The third kappa shape index (κ3) is 2.35. The predicted octanol–water partition coefficient (Wildman–Crippen LogP) is 2.08. The second-order valence-corrected chi connectivity index (χ2v) is 4.89. The van der Waals surface area contributed by atoms with Crippen LogP contribution < -0.4 is 10.3 Å². The van der Waals surface area contributed by atoms with Gasteiger partial charge in [-0.3, -0.25) is 4.79 Å². The lowest BCUT2D eigenvalue weighted by Gasteiger charge is -2.06. The van der Waals surface area contributed by atoms with E-state index in [1.165, 1.54) is 10.6 Å². The lowest BCUT2D eigenvalue weighted by molar-refractivity contribution is 0.0694. The molecule has 3 aromatic rings. The molecule has 2 N–H and O–H groups in total. The Kier molecular flexibility index (Phi) is 3.42. The molecule has 0 atom stereocenters. The number of pyridine rings is 1. The molecular formula is C16H14N2O4. The minimum Gasteiger partial charge on any atom is -0.497 e. The van der Waals surface area contributed by atoms with Gasteiger partial charge in [0.25, 0.3) is 5.56 Å². The highest BCUT2D eigenvalue weighted by molar-refractivity contribution is 5.87. The number of carboxylic acid groups (broad SMARTS) is 1. The second-order valence-electron chi connectivity index (χ2n) is 4.89. The number of carbonyl (C=O) groups is 1. The number of H-pyrrole nitrogens is 1. The largest absolute Gasteiger partial charge is 0.497 e. The van der Waals surface area contributed by atoms with Crippen molar-refractivity contribution in [2.45, 2.75) is 6.54 Å². The molecule has 0 bridgehead atoms. The number of benzene rings is 1. The molecule has 0 saturated carbocycles. The van der Waals surface area contributed by atoms with E-state index in [0.717, 1.165) is 22.2 Å². The molecule has 0 radical (unpaired) electrons. The summed E-state index contributed by atoms with van der Waals surface area (Å²) in [6, 6.07) is 8.49. The Morgan fingerprint density at radius 1 is 1.36 bits per heavy atom. The number of hydrogen-bond donors (Lipinski definition) is 2. The number of ether oxygens (including phenoxy) is 1. The van der Waals surface area contributed by atoms with Crippen molar-refractivity contribution in [3.8, 4) is 5.75 Å². The highest BCUT2D eigenvalue weighted by Gasteiger charge is 2.12. The number of carboxylic acids is 1. The zero-order valence-electron chi connectivity index (χ0n) is 11.9. The third-order valence-electron chi connectivity index (χ3n) is 3.57. The Bertz CT molecular complexity index is 908. The molecule has 6 heteroatoms. The molecule has 0 fully saturated rings. The van der Waals surface area contributed by atoms with Crippen LogP contribution in [-0.4, -0.2) is 27.7 Å². The van der Waals surface area contributed by atoms with Crippen LogP contribution in [0.3, 0.4) is 0 Å². The molecule has 0 saturated heterocycles. The predicted molar refractivity (Wildman–Crippen MR) is 81.6 cm³/mol. The van der Waals surface area contributed by atoms with E-state index in [1.807, 2.05) is 24.4 Å². The molecule has 22 heavy (non-hydrogen) atoms. The molecule has 0 unspecified atom stereocenters. The van der Waals surface area contributed by atoms with Crippen LogP contribution in [0.1, 0.15) is 15.9 Å². The number of fused-ring (bicyclic) bond motifs is 1. The van der Waals surface area contributed by atoms with Gasteiger partial charge in [-0.05, 0) is 35.9 Å². The monoisotopic (exact) mass is 298 g/mol. The molecule has 1 aromatic carbocycles. The number of methoxy groups -OCH3 is 1. The molecule has 2 aromatic heterocycles. The smallest absolute Gasteiger partial charge is 0.341 e. The SMILES string of the molecule is COc1ccc2[nH]cc(Cn3cccc(C(=O)O)c3=O)c2c1. The molecule has 2 heterocycles. The number of rotatable bonds is 4. The van der Waals surface area contributed by atoms with Crippen molar-refractivity contribution in [2.75, 3.05) is 7.11 Å². The molecular weight excluding hydrogens is 284 g/mol. The number of aromatic carboxylic acids is 1. The average molecular weight is 298 g/mol. The summed E-state index contributed by atoms with van der Waals surface area (Å²) in [5.74, 6) is -0.500. The number of aromatic amines is 1. The normalized spacial score (nSPS) is 10.8. The maximum absolute atomic E-state index is 12.1. The van der Waals surface area contributed by atoms with Gasteiger partial charge in [0, 0.05) is 23.3 Å². The van der Waals surface area contributed by atoms with Crippen LogP contribution in [0, 0.1) is 0 Å². The van der Waals surface area contributed by atoms with Crippen molar-refractivity contribution in [3.05, 3.63) is 64.2 Å². The minimum atomic E-state index is -1.22. The Labute approximate surface area is 125 Å². The van der Waals surface area contributed by atoms with E-state index < -0.39 is 11.5 Å². The lowest BCUT2D eigenvalue weighted by atomic mass is 10.1. The number of nitrogens with one attached hydrogen (secondary N) is 1. The summed E-state index contributed by atoms with van der Waals surface area (Å²) in [7, 11) is 1.59. The molecule has 0 amide bonds. The van der Waals surface area contributed by atoms with Crippen molar-refractivity contribution in [3.63, 3.8) is 0 Å². The molecule has 3 rings (SSSR count). The van der Waals surface area contributed by atoms with Crippen LogP contribution in [0.5, 0.6) is 5.75 Å². The Morgan fingerprint density at radius 3 is 2.91 bits per heavy atom. The first-order valence-electron chi connectivity index (χ1n) is 6.67. The third-order valence-corrected chi connectivity index (χ3v) is 3.57. The van der Waals surface area contributed by atoms with Crippen LogP contribution in [-0.2, 0) is 6.54 Å². The fourth-order valence-electron chi connectivity index (χ4n) is 2.42. The van der Waals surface area contributed by atoms with Gasteiger partial charge >= 0.3 is 5.97 Å². The topological polar surface area (TPSA) is 84.3 Å². The van der Waals surface area contributed by atoms with Gasteiger partial charge in [0.15, 0.2) is 0 Å². The maximum atomic E-state index is 12.1. The van der Waals surface area contributed by atoms with Gasteiger partial charge in [0.2, 0.25) is 0 Å². The first-order valence-corrected chi connectivity index (χ1v) is 6.67. The summed E-state index contributed by atoms with van der Waals surface area (Å²) in [4.78, 5) is 26.3. The van der Waals surface area contributed by atoms with Gasteiger partial charge in [0.1, 0.15) is 11.3 Å². The summed E-state index contributed by atoms with van der Waals surface area (Å²) in [6.45, 7) is 0.285. The van der Waals surface area contributed by atoms with E-state index in [1.54, 1.807) is 19.4 Å². The van der Waals surface area contributed by atoms with Crippen LogP contribution in [0.25, 0.3) is 10.9 Å². The van der Waals surface area contributed by atoms with E-state index in [0.29, 0.717) is 0 Å². The van der Waals surface area contributed by atoms with Crippen molar-refractivity contribution in [1.29, 1.82) is 0 Å². The molecule has 0 aliphatic carbocycles. The van der Waals surface area contributed by atoms with Crippen LogP contribution in [0.15, 0.2) is 47.5 Å². The van der Waals surface area contributed by atoms with E-state index in [2.05, 4.69) is 4.98 Å². The van der Waals surface area contributed by atoms with Crippen molar-refractivity contribution >= 4 is 16.9 Å². The van der Waals surface area contributed by atoms with E-state index in [9.17, 15) is 9.59 Å². The molecule has 0 aliphatic heterocycles. The lowest BCUT2D eigenvalue weighted by Crippen LogP contribution is -2.25. The fourth-order valence-corrected chi connectivity index (χ4v) is 2.42. The summed E-state index contributed by atoms with van der Waals surface area (Å²) in [5, 5.41) is 9.96. The summed E-state index contributed by atoms with van der Waals surface area (Å²) >= 11 is 0. The molecule has 0 aliphatic rings. The zero-order chi connectivity index (χ0) is 15.7. The van der Waals surface area contributed by atoms with E-state index in [4.69, 9.17) is 9.84 Å². The molecule has 0 spiro atoms. The standard InChI is InChI=1S/C16H14N2O4/c1-22-11-4-5-14-13(7-11)10(8-17-14)9-18-6-2-3-12(15(18)19)16(20)21/h2-8,17H,9H2,1H3,(H,20,21). The molecule has 6 nitrogen and oxygen atoms in total. The van der Waals surface area contributed by atoms with Crippen molar-refractivity contribution < 1.29 is 14.6 Å². The van der Waals surface area contributed by atoms with E-state index >= 15 is 0 Å². The first kappa shape index (κ1) is 13.9.